The Morgan fingerprint density at radius 2 is 1.91 bits per heavy atom. The number of aromatic nitrogens is 2. The zero-order chi connectivity index (χ0) is 14.7. The standard InChI is InChI=1S/C15H19N3O3.ClH/c1-19-12-6-4-3-5-11(12)13-17-14(21-18-13)15(20-2)7-9-16-10-8-15;/h3-6,16H,7-10H2,1-2H3;1H. The molecule has 1 fully saturated rings. The maximum absolute atomic E-state index is 5.70. The normalized spacial score (nSPS) is 16.8. The Labute approximate surface area is 135 Å². The summed E-state index contributed by atoms with van der Waals surface area (Å²) in [6.45, 7) is 1.75. The summed E-state index contributed by atoms with van der Waals surface area (Å²) in [7, 11) is 3.32. The maximum Gasteiger partial charge on any atom is 0.259 e. The van der Waals surface area contributed by atoms with Gasteiger partial charge in [0.1, 0.15) is 11.4 Å². The molecule has 1 aliphatic rings. The molecule has 6 nitrogen and oxygen atoms in total. The molecule has 3 rings (SSSR count). The number of methoxy groups -OCH3 is 2. The number of rotatable bonds is 4. The van der Waals surface area contributed by atoms with Crippen molar-refractivity contribution >= 4 is 12.4 Å². The number of hydrogen-bond donors (Lipinski definition) is 1. The van der Waals surface area contributed by atoms with Crippen LogP contribution in [0.4, 0.5) is 0 Å². The van der Waals surface area contributed by atoms with E-state index < -0.39 is 5.60 Å². The molecular weight excluding hydrogens is 306 g/mol. The van der Waals surface area contributed by atoms with Gasteiger partial charge in [-0.25, -0.2) is 0 Å². The van der Waals surface area contributed by atoms with E-state index in [0.29, 0.717) is 11.7 Å². The summed E-state index contributed by atoms with van der Waals surface area (Å²) in [5, 5.41) is 7.41. The molecule has 22 heavy (non-hydrogen) atoms. The largest absolute Gasteiger partial charge is 0.496 e. The van der Waals surface area contributed by atoms with Crippen LogP contribution in [0.2, 0.25) is 0 Å². The van der Waals surface area contributed by atoms with E-state index in [1.54, 1.807) is 14.2 Å². The van der Waals surface area contributed by atoms with Gasteiger partial charge in [0.25, 0.3) is 5.89 Å². The van der Waals surface area contributed by atoms with Gasteiger partial charge < -0.3 is 19.3 Å². The minimum Gasteiger partial charge on any atom is -0.496 e. The molecule has 0 spiro atoms. The summed E-state index contributed by atoms with van der Waals surface area (Å²) >= 11 is 0. The third kappa shape index (κ3) is 2.95. The number of para-hydroxylation sites is 1. The lowest BCUT2D eigenvalue weighted by Crippen LogP contribution is -2.41. The van der Waals surface area contributed by atoms with Gasteiger partial charge in [0, 0.05) is 7.11 Å². The van der Waals surface area contributed by atoms with Gasteiger partial charge in [-0.15, -0.1) is 12.4 Å². The van der Waals surface area contributed by atoms with Crippen molar-refractivity contribution in [2.45, 2.75) is 18.4 Å². The van der Waals surface area contributed by atoms with E-state index in [4.69, 9.17) is 14.0 Å². The minimum absolute atomic E-state index is 0. The van der Waals surface area contributed by atoms with Crippen LogP contribution in [0.1, 0.15) is 18.7 Å². The molecule has 2 aromatic rings. The molecular formula is C15H20ClN3O3. The summed E-state index contributed by atoms with van der Waals surface area (Å²) < 4.78 is 16.5. The molecule has 0 amide bonds. The van der Waals surface area contributed by atoms with E-state index in [9.17, 15) is 0 Å². The molecule has 1 aromatic heterocycles. The van der Waals surface area contributed by atoms with Gasteiger partial charge in [-0.05, 0) is 38.1 Å². The van der Waals surface area contributed by atoms with E-state index >= 15 is 0 Å². The van der Waals surface area contributed by atoms with E-state index in [2.05, 4.69) is 15.5 Å². The smallest absolute Gasteiger partial charge is 0.259 e. The molecule has 0 bridgehead atoms. The molecule has 0 atom stereocenters. The van der Waals surface area contributed by atoms with Gasteiger partial charge in [0.15, 0.2) is 0 Å². The van der Waals surface area contributed by atoms with Crippen molar-refractivity contribution < 1.29 is 14.0 Å². The number of benzene rings is 1. The second-order valence-electron chi connectivity index (χ2n) is 5.07. The van der Waals surface area contributed by atoms with Gasteiger partial charge in [0.05, 0.1) is 12.7 Å². The zero-order valence-corrected chi connectivity index (χ0v) is 13.5. The molecule has 120 valence electrons. The van der Waals surface area contributed by atoms with E-state index in [-0.39, 0.29) is 12.4 Å². The Hall–Kier alpha value is -1.63. The second-order valence-corrected chi connectivity index (χ2v) is 5.07. The Kier molecular flexibility index (Phi) is 5.39. The second kappa shape index (κ2) is 7.09. The van der Waals surface area contributed by atoms with E-state index in [1.807, 2.05) is 24.3 Å². The highest BCUT2D eigenvalue weighted by Crippen LogP contribution is 2.35. The lowest BCUT2D eigenvalue weighted by Gasteiger charge is -2.32. The van der Waals surface area contributed by atoms with Gasteiger partial charge in [0.2, 0.25) is 5.82 Å². The Morgan fingerprint density at radius 1 is 1.18 bits per heavy atom. The van der Waals surface area contributed by atoms with Crippen molar-refractivity contribution in [1.29, 1.82) is 0 Å². The summed E-state index contributed by atoms with van der Waals surface area (Å²) in [5.74, 6) is 1.78. The van der Waals surface area contributed by atoms with Gasteiger partial charge in [-0.2, -0.15) is 4.98 Å². The van der Waals surface area contributed by atoms with E-state index in [1.165, 1.54) is 0 Å². The minimum atomic E-state index is -0.488. The number of hydrogen-bond acceptors (Lipinski definition) is 6. The lowest BCUT2D eigenvalue weighted by molar-refractivity contribution is -0.0622. The fourth-order valence-electron chi connectivity index (χ4n) is 2.68. The highest BCUT2D eigenvalue weighted by atomic mass is 35.5. The molecule has 1 N–H and O–H groups in total. The Morgan fingerprint density at radius 3 is 2.59 bits per heavy atom. The summed E-state index contributed by atoms with van der Waals surface area (Å²) in [4.78, 5) is 4.55. The fourth-order valence-corrected chi connectivity index (χ4v) is 2.68. The maximum atomic E-state index is 5.70. The molecule has 2 heterocycles. The van der Waals surface area contributed by atoms with Crippen LogP contribution >= 0.6 is 12.4 Å². The quantitative estimate of drug-likeness (QED) is 0.931. The highest BCUT2D eigenvalue weighted by molar-refractivity contribution is 5.85. The predicted octanol–water partition coefficient (Wildman–Crippen LogP) is 2.39. The average Bonchev–Trinajstić information content (AvgIpc) is 3.06. The van der Waals surface area contributed by atoms with Crippen LogP contribution < -0.4 is 10.1 Å². The topological polar surface area (TPSA) is 69.4 Å². The van der Waals surface area contributed by atoms with Crippen molar-refractivity contribution in [3.8, 4) is 17.1 Å². The summed E-state index contributed by atoms with van der Waals surface area (Å²) in [6.07, 6.45) is 1.63. The Bertz CT molecular complexity index is 612. The summed E-state index contributed by atoms with van der Waals surface area (Å²) in [6, 6.07) is 7.62. The number of ether oxygens (including phenoxy) is 2. The van der Waals surface area contributed by atoms with Gasteiger partial charge in [-0.3, -0.25) is 0 Å². The Balaban J connectivity index is 0.00000176. The molecule has 0 radical (unpaired) electrons. The van der Waals surface area contributed by atoms with Crippen molar-refractivity contribution in [3.05, 3.63) is 30.2 Å². The van der Waals surface area contributed by atoms with Crippen molar-refractivity contribution in [3.63, 3.8) is 0 Å². The molecule has 1 aromatic carbocycles. The van der Waals surface area contributed by atoms with Crippen molar-refractivity contribution in [2.24, 2.45) is 0 Å². The first-order valence-electron chi connectivity index (χ1n) is 7.02. The fraction of sp³-hybridized carbons (Fsp3) is 0.467. The molecule has 7 heteroatoms. The molecule has 0 saturated carbocycles. The number of piperidine rings is 1. The predicted molar refractivity (Wildman–Crippen MR) is 84.3 cm³/mol. The first-order chi connectivity index (χ1) is 10.3. The number of halogens is 1. The number of nitrogens with zero attached hydrogens (tertiary/aromatic N) is 2. The van der Waals surface area contributed by atoms with Gasteiger partial charge >= 0.3 is 0 Å². The van der Waals surface area contributed by atoms with Crippen LogP contribution in [-0.2, 0) is 10.3 Å². The highest BCUT2D eigenvalue weighted by Gasteiger charge is 2.39. The van der Waals surface area contributed by atoms with Crippen LogP contribution in [0.25, 0.3) is 11.4 Å². The first-order valence-corrected chi connectivity index (χ1v) is 7.02. The SMILES string of the molecule is COc1ccccc1-c1noc(C2(OC)CCNCC2)n1.Cl. The molecule has 1 aliphatic heterocycles. The van der Waals surface area contributed by atoms with Crippen LogP contribution in [0.15, 0.2) is 28.8 Å². The van der Waals surface area contributed by atoms with Crippen molar-refractivity contribution in [2.75, 3.05) is 27.3 Å². The lowest BCUT2D eigenvalue weighted by atomic mass is 9.92. The van der Waals surface area contributed by atoms with Crippen LogP contribution in [-0.4, -0.2) is 37.4 Å². The zero-order valence-electron chi connectivity index (χ0n) is 12.7. The van der Waals surface area contributed by atoms with Gasteiger partial charge in [-0.1, -0.05) is 17.3 Å². The van der Waals surface area contributed by atoms with E-state index in [0.717, 1.165) is 37.2 Å². The first kappa shape index (κ1) is 16.7. The van der Waals surface area contributed by atoms with Crippen LogP contribution in [0, 0.1) is 0 Å². The van der Waals surface area contributed by atoms with Crippen molar-refractivity contribution in [1.82, 2.24) is 15.5 Å². The monoisotopic (exact) mass is 325 g/mol. The van der Waals surface area contributed by atoms with Crippen LogP contribution in [0.3, 0.4) is 0 Å². The third-order valence-corrected chi connectivity index (χ3v) is 3.97. The molecule has 0 unspecified atom stereocenters. The van der Waals surface area contributed by atoms with Crippen LogP contribution in [0.5, 0.6) is 5.75 Å². The molecule has 1 saturated heterocycles. The summed E-state index contributed by atoms with van der Waals surface area (Å²) in [5.41, 5.74) is 0.327. The third-order valence-electron chi connectivity index (χ3n) is 3.97. The molecule has 0 aliphatic carbocycles. The number of nitrogens with one attached hydrogen (secondary N) is 1. The average molecular weight is 326 g/mol.